The van der Waals surface area contributed by atoms with E-state index in [4.69, 9.17) is 0 Å². The van der Waals surface area contributed by atoms with Crippen LogP contribution in [-0.2, 0) is 10.0 Å². The summed E-state index contributed by atoms with van der Waals surface area (Å²) in [5.41, 5.74) is 1.79. The molecule has 1 aromatic heterocycles. The van der Waals surface area contributed by atoms with Gasteiger partial charge in [0, 0.05) is 18.7 Å². The minimum Gasteiger partial charge on any atom is -0.296 e. The van der Waals surface area contributed by atoms with Crippen LogP contribution < -0.4 is 5.32 Å². The second kappa shape index (κ2) is 7.37. The summed E-state index contributed by atoms with van der Waals surface area (Å²) < 4.78 is 27.1. The summed E-state index contributed by atoms with van der Waals surface area (Å²) in [4.78, 5) is 12.4. The zero-order chi connectivity index (χ0) is 17.0. The molecule has 0 radical (unpaired) electrons. The highest BCUT2D eigenvalue weighted by atomic mass is 32.2. The van der Waals surface area contributed by atoms with E-state index in [9.17, 15) is 13.2 Å². The molecule has 24 heavy (non-hydrogen) atoms. The molecule has 0 aliphatic carbocycles. The highest BCUT2D eigenvalue weighted by molar-refractivity contribution is 7.89. The van der Waals surface area contributed by atoms with Crippen LogP contribution in [0.3, 0.4) is 0 Å². The molecule has 7 nitrogen and oxygen atoms in total. The fraction of sp³-hybridized carbons (Fsp3) is 0.400. The first-order chi connectivity index (χ1) is 11.6. The molecule has 0 bridgehead atoms. The third kappa shape index (κ3) is 3.80. The number of carbonyl (C=O) groups is 1. The molecule has 128 valence electrons. The monoisotopic (exact) mass is 366 g/mol. The smallest absolute Gasteiger partial charge is 0.257 e. The van der Waals surface area contributed by atoms with Crippen molar-refractivity contribution in [3.63, 3.8) is 0 Å². The SMILES string of the molecule is O=C(Nc1nncs1)c1cccc(S(=O)(=O)N2CCCCCC2)c1. The van der Waals surface area contributed by atoms with Crippen LogP contribution in [0.1, 0.15) is 36.0 Å². The van der Waals surface area contributed by atoms with Crippen molar-refractivity contribution in [2.24, 2.45) is 0 Å². The Hall–Kier alpha value is -1.84. The van der Waals surface area contributed by atoms with E-state index in [-0.39, 0.29) is 10.5 Å². The second-order valence-corrected chi connectivity index (χ2v) is 8.32. The summed E-state index contributed by atoms with van der Waals surface area (Å²) in [5, 5.41) is 10.4. The van der Waals surface area contributed by atoms with Gasteiger partial charge in [0.1, 0.15) is 5.51 Å². The summed E-state index contributed by atoms with van der Waals surface area (Å²) in [7, 11) is -3.58. The molecule has 1 fully saturated rings. The Morgan fingerprint density at radius 1 is 1.17 bits per heavy atom. The van der Waals surface area contributed by atoms with Crippen molar-refractivity contribution < 1.29 is 13.2 Å². The minimum absolute atomic E-state index is 0.148. The molecular formula is C15H18N4O3S2. The molecule has 0 spiro atoms. The number of nitrogens with one attached hydrogen (secondary N) is 1. The number of amides is 1. The number of nitrogens with zero attached hydrogens (tertiary/aromatic N) is 3. The Balaban J connectivity index is 1.82. The van der Waals surface area contributed by atoms with Crippen molar-refractivity contribution in [3.8, 4) is 0 Å². The van der Waals surface area contributed by atoms with Crippen molar-refractivity contribution in [2.75, 3.05) is 18.4 Å². The van der Waals surface area contributed by atoms with E-state index < -0.39 is 15.9 Å². The molecule has 9 heteroatoms. The fourth-order valence-electron chi connectivity index (χ4n) is 2.63. The van der Waals surface area contributed by atoms with Crippen LogP contribution in [0.2, 0.25) is 0 Å². The van der Waals surface area contributed by atoms with Crippen LogP contribution in [0, 0.1) is 0 Å². The van der Waals surface area contributed by atoms with Crippen LogP contribution in [0.5, 0.6) is 0 Å². The number of anilines is 1. The van der Waals surface area contributed by atoms with Gasteiger partial charge in [-0.3, -0.25) is 10.1 Å². The van der Waals surface area contributed by atoms with Gasteiger partial charge in [0.2, 0.25) is 15.2 Å². The van der Waals surface area contributed by atoms with Gasteiger partial charge in [-0.1, -0.05) is 30.2 Å². The Morgan fingerprint density at radius 2 is 1.92 bits per heavy atom. The third-order valence-corrected chi connectivity index (χ3v) is 6.38. The predicted molar refractivity (Wildman–Crippen MR) is 91.5 cm³/mol. The first-order valence-corrected chi connectivity index (χ1v) is 10.1. The molecule has 1 saturated heterocycles. The maximum absolute atomic E-state index is 12.8. The van der Waals surface area contributed by atoms with Crippen molar-refractivity contribution in [1.29, 1.82) is 0 Å². The Morgan fingerprint density at radius 3 is 2.58 bits per heavy atom. The van der Waals surface area contributed by atoms with Crippen molar-refractivity contribution in [2.45, 2.75) is 30.6 Å². The number of hydrogen-bond acceptors (Lipinski definition) is 6. The normalized spacial score (nSPS) is 16.5. The predicted octanol–water partition coefficient (Wildman–Crippen LogP) is 2.36. The third-order valence-electron chi connectivity index (χ3n) is 3.88. The molecule has 1 aliphatic rings. The highest BCUT2D eigenvalue weighted by Crippen LogP contribution is 2.21. The van der Waals surface area contributed by atoms with Gasteiger partial charge in [0.25, 0.3) is 5.91 Å². The molecule has 1 N–H and O–H groups in total. The molecular weight excluding hydrogens is 348 g/mol. The van der Waals surface area contributed by atoms with Gasteiger partial charge in [-0.15, -0.1) is 10.2 Å². The zero-order valence-electron chi connectivity index (χ0n) is 13.0. The average Bonchev–Trinajstić information content (AvgIpc) is 2.93. The summed E-state index contributed by atoms with van der Waals surface area (Å²) in [6.07, 6.45) is 3.85. The van der Waals surface area contributed by atoms with Crippen LogP contribution in [0.4, 0.5) is 5.13 Å². The van der Waals surface area contributed by atoms with Gasteiger partial charge >= 0.3 is 0 Å². The lowest BCUT2D eigenvalue weighted by atomic mass is 10.2. The van der Waals surface area contributed by atoms with E-state index in [1.54, 1.807) is 12.1 Å². The Kier molecular flexibility index (Phi) is 5.22. The number of rotatable bonds is 4. The standard InChI is InChI=1S/C15H18N4O3S2/c20-14(17-15-18-16-11-23-15)12-6-5-7-13(10-12)24(21,22)19-8-3-1-2-4-9-19/h5-7,10-11H,1-4,8-9H2,(H,17,18,20). The van der Waals surface area contributed by atoms with Crippen LogP contribution in [0.15, 0.2) is 34.7 Å². The first kappa shape index (κ1) is 17.0. The number of aromatic nitrogens is 2. The average molecular weight is 366 g/mol. The van der Waals surface area contributed by atoms with Crippen molar-refractivity contribution >= 4 is 32.4 Å². The van der Waals surface area contributed by atoms with Crippen LogP contribution >= 0.6 is 11.3 Å². The first-order valence-electron chi connectivity index (χ1n) is 7.75. The lowest BCUT2D eigenvalue weighted by Gasteiger charge is -2.20. The summed E-state index contributed by atoms with van der Waals surface area (Å²) in [6.45, 7) is 1.06. The Labute approximate surface area is 144 Å². The largest absolute Gasteiger partial charge is 0.296 e. The van der Waals surface area contributed by atoms with Gasteiger partial charge < -0.3 is 0 Å². The molecule has 0 atom stereocenters. The molecule has 2 aromatic rings. The molecule has 1 aromatic carbocycles. The van der Waals surface area contributed by atoms with Crippen LogP contribution in [0.25, 0.3) is 0 Å². The summed E-state index contributed by atoms with van der Waals surface area (Å²) >= 11 is 1.20. The highest BCUT2D eigenvalue weighted by Gasteiger charge is 2.25. The van der Waals surface area contributed by atoms with E-state index in [1.807, 2.05) is 0 Å². The lowest BCUT2D eigenvalue weighted by Crippen LogP contribution is -2.32. The topological polar surface area (TPSA) is 92.3 Å². The maximum atomic E-state index is 12.8. The van der Waals surface area contributed by atoms with Gasteiger partial charge in [0.15, 0.2) is 0 Å². The van der Waals surface area contributed by atoms with Crippen molar-refractivity contribution in [3.05, 3.63) is 35.3 Å². The molecule has 1 aliphatic heterocycles. The summed E-state index contributed by atoms with van der Waals surface area (Å²) in [6, 6.07) is 6.11. The van der Waals surface area contributed by atoms with E-state index in [2.05, 4.69) is 15.5 Å². The molecule has 3 rings (SSSR count). The van der Waals surface area contributed by atoms with Gasteiger partial charge in [-0.2, -0.15) is 4.31 Å². The minimum atomic E-state index is -3.58. The van der Waals surface area contributed by atoms with Gasteiger partial charge in [-0.05, 0) is 31.0 Å². The lowest BCUT2D eigenvalue weighted by molar-refractivity contribution is 0.102. The molecule has 2 heterocycles. The number of carbonyl (C=O) groups excluding carboxylic acids is 1. The number of sulfonamides is 1. The van der Waals surface area contributed by atoms with Gasteiger partial charge in [-0.25, -0.2) is 8.42 Å². The Bertz CT molecular complexity index is 798. The number of benzene rings is 1. The summed E-state index contributed by atoms with van der Waals surface area (Å²) in [5.74, 6) is -0.403. The zero-order valence-corrected chi connectivity index (χ0v) is 14.6. The van der Waals surface area contributed by atoms with Gasteiger partial charge in [0.05, 0.1) is 4.90 Å². The van der Waals surface area contributed by atoms with Crippen molar-refractivity contribution in [1.82, 2.24) is 14.5 Å². The van der Waals surface area contributed by atoms with Crippen LogP contribution in [-0.4, -0.2) is 41.9 Å². The van der Waals surface area contributed by atoms with E-state index >= 15 is 0 Å². The maximum Gasteiger partial charge on any atom is 0.257 e. The molecule has 0 saturated carbocycles. The quantitative estimate of drug-likeness (QED) is 0.897. The van der Waals surface area contributed by atoms with E-state index in [0.29, 0.717) is 18.2 Å². The molecule has 0 unspecified atom stereocenters. The molecule has 1 amide bonds. The van der Waals surface area contributed by atoms with E-state index in [0.717, 1.165) is 25.7 Å². The fourth-order valence-corrected chi connectivity index (χ4v) is 4.63. The second-order valence-electron chi connectivity index (χ2n) is 5.54. The van der Waals surface area contributed by atoms with E-state index in [1.165, 1.54) is 33.3 Å². The number of hydrogen-bond donors (Lipinski definition) is 1.